The lowest BCUT2D eigenvalue weighted by Crippen LogP contribution is -2.08. The van der Waals surface area contributed by atoms with Crippen LogP contribution in [0.15, 0.2) is 46.6 Å². The van der Waals surface area contributed by atoms with Crippen molar-refractivity contribution in [3.8, 4) is 0 Å². The van der Waals surface area contributed by atoms with Crippen LogP contribution in [0.25, 0.3) is 0 Å². The van der Waals surface area contributed by atoms with Gasteiger partial charge in [0.05, 0.1) is 12.4 Å². The Morgan fingerprint density at radius 1 is 1.17 bits per heavy atom. The highest BCUT2D eigenvalue weighted by molar-refractivity contribution is 7.99. The van der Waals surface area contributed by atoms with Gasteiger partial charge in [0, 0.05) is 4.90 Å². The van der Waals surface area contributed by atoms with Gasteiger partial charge in [-0.3, -0.25) is 4.98 Å². The Hall–Kier alpha value is -1.59. The molecule has 4 nitrogen and oxygen atoms in total. The van der Waals surface area contributed by atoms with Gasteiger partial charge in [-0.25, -0.2) is 10.8 Å². The van der Waals surface area contributed by atoms with Crippen LogP contribution in [0.1, 0.15) is 25.3 Å². The third kappa shape index (κ3) is 3.21. The van der Waals surface area contributed by atoms with Gasteiger partial charge in [0.1, 0.15) is 5.03 Å². The summed E-state index contributed by atoms with van der Waals surface area (Å²) in [4.78, 5) is 9.52. The minimum atomic E-state index is 0.550. The van der Waals surface area contributed by atoms with Crippen LogP contribution in [0, 0.1) is 0 Å². The summed E-state index contributed by atoms with van der Waals surface area (Å²) in [6.45, 7) is 4.37. The topological polar surface area (TPSA) is 63.8 Å². The first-order valence-corrected chi connectivity index (χ1v) is 6.57. The van der Waals surface area contributed by atoms with Crippen LogP contribution in [0.4, 0.5) is 5.82 Å². The highest BCUT2D eigenvalue weighted by atomic mass is 32.2. The Bertz CT molecular complexity index is 511. The quantitative estimate of drug-likeness (QED) is 0.653. The zero-order valence-corrected chi connectivity index (χ0v) is 11.2. The molecule has 0 aliphatic carbocycles. The summed E-state index contributed by atoms with van der Waals surface area (Å²) in [5.41, 5.74) is 3.83. The molecule has 0 bridgehead atoms. The van der Waals surface area contributed by atoms with Gasteiger partial charge in [-0.15, -0.1) is 0 Å². The lowest BCUT2D eigenvalue weighted by Gasteiger charge is -2.06. The predicted molar refractivity (Wildman–Crippen MR) is 74.5 cm³/mol. The summed E-state index contributed by atoms with van der Waals surface area (Å²) in [7, 11) is 0. The number of nitrogens with zero attached hydrogens (tertiary/aromatic N) is 2. The second-order valence-corrected chi connectivity index (χ2v) is 5.31. The molecule has 1 aromatic carbocycles. The first-order chi connectivity index (χ1) is 8.69. The fraction of sp³-hybridized carbons (Fsp3) is 0.231. The molecule has 94 valence electrons. The number of anilines is 1. The number of nitrogen functional groups attached to an aromatic ring is 1. The summed E-state index contributed by atoms with van der Waals surface area (Å²) >= 11 is 1.57. The van der Waals surface area contributed by atoms with Gasteiger partial charge in [0.15, 0.2) is 5.82 Å². The first-order valence-electron chi connectivity index (χ1n) is 5.75. The maximum Gasteiger partial charge on any atom is 0.159 e. The number of aromatic nitrogens is 2. The Kier molecular flexibility index (Phi) is 4.17. The SMILES string of the molecule is CC(C)c1ccc(Sc2cncc(NN)n2)cc1. The Morgan fingerprint density at radius 3 is 2.50 bits per heavy atom. The molecule has 0 spiro atoms. The Morgan fingerprint density at radius 2 is 1.89 bits per heavy atom. The van der Waals surface area contributed by atoms with E-state index in [1.54, 1.807) is 24.2 Å². The van der Waals surface area contributed by atoms with E-state index in [9.17, 15) is 0 Å². The van der Waals surface area contributed by atoms with Crippen LogP contribution in [-0.4, -0.2) is 9.97 Å². The molecule has 2 rings (SSSR count). The number of nitrogens with one attached hydrogen (secondary N) is 1. The number of nitrogens with two attached hydrogens (primary N) is 1. The number of benzene rings is 1. The molecule has 0 aliphatic rings. The third-order valence-electron chi connectivity index (χ3n) is 2.53. The van der Waals surface area contributed by atoms with Gasteiger partial charge in [0.25, 0.3) is 0 Å². The van der Waals surface area contributed by atoms with Gasteiger partial charge in [-0.1, -0.05) is 37.7 Å². The molecule has 1 aromatic heterocycles. The van der Waals surface area contributed by atoms with E-state index >= 15 is 0 Å². The maximum absolute atomic E-state index is 5.30. The Balaban J connectivity index is 2.13. The minimum Gasteiger partial charge on any atom is -0.307 e. The molecule has 18 heavy (non-hydrogen) atoms. The lowest BCUT2D eigenvalue weighted by molar-refractivity contribution is 0.865. The molecule has 5 heteroatoms. The van der Waals surface area contributed by atoms with Crippen molar-refractivity contribution in [2.45, 2.75) is 29.7 Å². The van der Waals surface area contributed by atoms with Crippen molar-refractivity contribution in [1.29, 1.82) is 0 Å². The molecule has 0 saturated carbocycles. The van der Waals surface area contributed by atoms with Crippen molar-refractivity contribution in [3.63, 3.8) is 0 Å². The summed E-state index contributed by atoms with van der Waals surface area (Å²) in [5.74, 6) is 6.42. The molecule has 0 amide bonds. The van der Waals surface area contributed by atoms with E-state index in [0.29, 0.717) is 11.7 Å². The van der Waals surface area contributed by atoms with Crippen LogP contribution in [-0.2, 0) is 0 Å². The summed E-state index contributed by atoms with van der Waals surface area (Å²) in [5, 5.41) is 0.822. The first kappa shape index (κ1) is 12.9. The molecular weight excluding hydrogens is 244 g/mol. The van der Waals surface area contributed by atoms with Crippen molar-refractivity contribution in [2.75, 3.05) is 5.43 Å². The van der Waals surface area contributed by atoms with Crippen molar-refractivity contribution < 1.29 is 0 Å². The van der Waals surface area contributed by atoms with Gasteiger partial charge in [0.2, 0.25) is 0 Å². The van der Waals surface area contributed by atoms with Crippen molar-refractivity contribution in [2.24, 2.45) is 5.84 Å². The van der Waals surface area contributed by atoms with E-state index in [2.05, 4.69) is 53.5 Å². The fourth-order valence-corrected chi connectivity index (χ4v) is 2.28. The molecule has 1 heterocycles. The molecular formula is C13H16N4S. The monoisotopic (exact) mass is 260 g/mol. The second kappa shape index (κ2) is 5.84. The van der Waals surface area contributed by atoms with E-state index in [1.807, 2.05) is 0 Å². The molecule has 0 radical (unpaired) electrons. The second-order valence-electron chi connectivity index (χ2n) is 4.21. The molecule has 3 N–H and O–H groups in total. The van der Waals surface area contributed by atoms with Gasteiger partial charge >= 0.3 is 0 Å². The summed E-state index contributed by atoms with van der Waals surface area (Å²) < 4.78 is 0. The number of rotatable bonds is 4. The zero-order valence-electron chi connectivity index (χ0n) is 10.4. The van der Waals surface area contributed by atoms with E-state index in [4.69, 9.17) is 5.84 Å². The lowest BCUT2D eigenvalue weighted by atomic mass is 10.0. The van der Waals surface area contributed by atoms with Gasteiger partial charge in [-0.2, -0.15) is 0 Å². The van der Waals surface area contributed by atoms with E-state index < -0.39 is 0 Å². The molecule has 2 aromatic rings. The average Bonchev–Trinajstić information content (AvgIpc) is 2.39. The standard InChI is InChI=1S/C13H16N4S/c1-9(2)10-3-5-11(6-4-10)18-13-8-15-7-12(16-13)17-14/h3-9H,14H2,1-2H3,(H,16,17). The molecule has 0 unspecified atom stereocenters. The van der Waals surface area contributed by atoms with Crippen molar-refractivity contribution in [3.05, 3.63) is 42.2 Å². The summed E-state index contributed by atoms with van der Waals surface area (Å²) in [6, 6.07) is 8.49. The smallest absolute Gasteiger partial charge is 0.159 e. The maximum atomic E-state index is 5.30. The number of hydrazine groups is 1. The largest absolute Gasteiger partial charge is 0.307 e. The Labute approximate surface area is 111 Å². The van der Waals surface area contributed by atoms with Crippen molar-refractivity contribution in [1.82, 2.24) is 9.97 Å². The normalized spacial score (nSPS) is 10.7. The van der Waals surface area contributed by atoms with Crippen molar-refractivity contribution >= 4 is 17.6 Å². The number of hydrogen-bond donors (Lipinski definition) is 2. The highest BCUT2D eigenvalue weighted by Crippen LogP contribution is 2.27. The molecule has 0 atom stereocenters. The number of hydrogen-bond acceptors (Lipinski definition) is 5. The van der Waals surface area contributed by atoms with E-state index in [1.165, 1.54) is 5.56 Å². The fourth-order valence-electron chi connectivity index (χ4n) is 1.51. The minimum absolute atomic E-state index is 0.550. The van der Waals surface area contributed by atoms with Crippen LogP contribution in [0.3, 0.4) is 0 Å². The van der Waals surface area contributed by atoms with Crippen LogP contribution >= 0.6 is 11.8 Å². The summed E-state index contributed by atoms with van der Waals surface area (Å²) in [6.07, 6.45) is 3.31. The van der Waals surface area contributed by atoms with E-state index in [-0.39, 0.29) is 0 Å². The van der Waals surface area contributed by atoms with Crippen LogP contribution in [0.5, 0.6) is 0 Å². The van der Waals surface area contributed by atoms with Crippen LogP contribution in [0.2, 0.25) is 0 Å². The predicted octanol–water partition coefficient (Wildman–Crippen LogP) is 3.04. The van der Waals surface area contributed by atoms with Gasteiger partial charge in [-0.05, 0) is 23.6 Å². The van der Waals surface area contributed by atoms with Gasteiger partial charge < -0.3 is 5.43 Å². The molecule has 0 saturated heterocycles. The molecule has 0 aliphatic heterocycles. The molecule has 0 fully saturated rings. The average molecular weight is 260 g/mol. The third-order valence-corrected chi connectivity index (χ3v) is 3.44. The zero-order chi connectivity index (χ0) is 13.0. The van der Waals surface area contributed by atoms with E-state index in [0.717, 1.165) is 9.92 Å². The van der Waals surface area contributed by atoms with Crippen LogP contribution < -0.4 is 11.3 Å². The highest BCUT2D eigenvalue weighted by Gasteiger charge is 2.02.